The molecule has 1 nitrogen and oxygen atoms in total. The number of rotatable bonds is 2. The van der Waals surface area contributed by atoms with Crippen molar-refractivity contribution in [3.63, 3.8) is 0 Å². The summed E-state index contributed by atoms with van der Waals surface area (Å²) in [6.07, 6.45) is -6.26. The Bertz CT molecular complexity index is 345. The zero-order valence-electron chi connectivity index (χ0n) is 6.81. The second-order valence-electron chi connectivity index (χ2n) is 2.56. The lowest BCUT2D eigenvalue weighted by Gasteiger charge is -2.15. The Kier molecular flexibility index (Phi) is 3.39. The molecule has 1 N–H and O–H groups in total. The topological polar surface area (TPSA) is 20.2 Å². The summed E-state index contributed by atoms with van der Waals surface area (Å²) in [5, 5.41) is 10.9. The number of aliphatic hydroxyl groups is 1. The van der Waals surface area contributed by atoms with E-state index in [4.69, 9.17) is 0 Å². The molecular formula is C8H6BrF3OS. The van der Waals surface area contributed by atoms with E-state index in [0.29, 0.717) is 4.47 Å². The summed E-state index contributed by atoms with van der Waals surface area (Å²) in [6, 6.07) is 1.58. The molecule has 14 heavy (non-hydrogen) atoms. The van der Waals surface area contributed by atoms with E-state index < -0.39 is 17.9 Å². The molecule has 1 aromatic heterocycles. The lowest BCUT2D eigenvalue weighted by atomic mass is 10.1. The van der Waals surface area contributed by atoms with Crippen LogP contribution in [0.4, 0.5) is 13.2 Å². The van der Waals surface area contributed by atoms with Crippen molar-refractivity contribution in [3.05, 3.63) is 32.9 Å². The van der Waals surface area contributed by atoms with Gasteiger partial charge < -0.3 is 5.11 Å². The molecule has 0 fully saturated rings. The average Bonchev–Trinajstić information content (AvgIpc) is 2.47. The van der Waals surface area contributed by atoms with Crippen LogP contribution in [-0.4, -0.2) is 11.3 Å². The van der Waals surface area contributed by atoms with Crippen LogP contribution < -0.4 is 0 Å². The molecule has 6 heteroatoms. The van der Waals surface area contributed by atoms with Crippen LogP contribution in [0, 0.1) is 0 Å². The van der Waals surface area contributed by atoms with Crippen LogP contribution >= 0.6 is 27.3 Å². The van der Waals surface area contributed by atoms with Crippen molar-refractivity contribution >= 4 is 27.3 Å². The van der Waals surface area contributed by atoms with Crippen LogP contribution in [0.5, 0.6) is 0 Å². The fourth-order valence-corrected chi connectivity index (χ4v) is 2.42. The van der Waals surface area contributed by atoms with Gasteiger partial charge in [0.15, 0.2) is 0 Å². The molecular weight excluding hydrogens is 281 g/mol. The van der Waals surface area contributed by atoms with Gasteiger partial charge in [0.05, 0.1) is 10.5 Å². The predicted molar refractivity (Wildman–Crippen MR) is 52.2 cm³/mol. The van der Waals surface area contributed by atoms with E-state index in [2.05, 4.69) is 22.5 Å². The van der Waals surface area contributed by atoms with Gasteiger partial charge >= 0.3 is 6.18 Å². The van der Waals surface area contributed by atoms with Gasteiger partial charge in [-0.05, 0) is 27.4 Å². The predicted octanol–water partition coefficient (Wildman–Crippen LogP) is 3.66. The van der Waals surface area contributed by atoms with E-state index in [1.807, 2.05) is 0 Å². The number of alkyl halides is 3. The molecule has 1 rings (SSSR count). The van der Waals surface area contributed by atoms with Gasteiger partial charge in [-0.1, -0.05) is 6.58 Å². The lowest BCUT2D eigenvalue weighted by molar-refractivity contribution is -0.105. The van der Waals surface area contributed by atoms with Crippen LogP contribution in [0.25, 0.3) is 0 Å². The number of hydrogen-bond donors (Lipinski definition) is 1. The zero-order chi connectivity index (χ0) is 10.9. The molecule has 0 spiro atoms. The average molecular weight is 287 g/mol. The first-order valence-corrected chi connectivity index (χ1v) is 5.18. The Hall–Kier alpha value is -0.330. The first-order chi connectivity index (χ1) is 6.34. The first-order valence-electron chi connectivity index (χ1n) is 3.51. The number of aliphatic hydroxyl groups excluding tert-OH is 1. The molecule has 0 aliphatic carbocycles. The third kappa shape index (κ3) is 2.37. The second kappa shape index (κ2) is 4.04. The maximum absolute atomic E-state index is 12.2. The molecule has 1 heterocycles. The largest absolute Gasteiger partial charge is 0.414 e. The molecule has 1 aromatic rings. The Labute approximate surface area is 91.0 Å². The normalized spacial score (nSPS) is 14.1. The number of thiophene rings is 1. The van der Waals surface area contributed by atoms with Crippen molar-refractivity contribution in [2.75, 3.05) is 0 Å². The standard InChI is InChI=1S/C8H6BrF3OS/c1-4(8(10,11)12)6(13)7-5(9)2-3-14-7/h2-3,6,13H,1H2. The van der Waals surface area contributed by atoms with E-state index in [1.165, 1.54) is 0 Å². The minimum atomic E-state index is -4.57. The maximum atomic E-state index is 12.2. The summed E-state index contributed by atoms with van der Waals surface area (Å²) in [6.45, 7) is 2.83. The van der Waals surface area contributed by atoms with Crippen LogP contribution in [0.1, 0.15) is 11.0 Å². The molecule has 0 bridgehead atoms. The SMILES string of the molecule is C=C(C(O)c1sccc1Br)C(F)(F)F. The van der Waals surface area contributed by atoms with E-state index in [9.17, 15) is 18.3 Å². The molecule has 1 atom stereocenters. The summed E-state index contributed by atoms with van der Waals surface area (Å²) in [5.74, 6) is 0. The van der Waals surface area contributed by atoms with Crippen molar-refractivity contribution in [1.29, 1.82) is 0 Å². The molecule has 78 valence electrons. The summed E-state index contributed by atoms with van der Waals surface area (Å²) in [5.41, 5.74) is -1.15. The first kappa shape index (κ1) is 11.7. The minimum Gasteiger partial charge on any atom is -0.383 e. The fourth-order valence-electron chi connectivity index (χ4n) is 0.814. The van der Waals surface area contributed by atoms with E-state index in [0.717, 1.165) is 11.3 Å². The van der Waals surface area contributed by atoms with Gasteiger partial charge in [-0.3, -0.25) is 0 Å². The van der Waals surface area contributed by atoms with Crippen molar-refractivity contribution in [2.45, 2.75) is 12.3 Å². The summed E-state index contributed by atoms with van der Waals surface area (Å²) in [7, 11) is 0. The Morgan fingerprint density at radius 1 is 1.57 bits per heavy atom. The Balaban J connectivity index is 2.92. The molecule has 0 amide bonds. The highest BCUT2D eigenvalue weighted by molar-refractivity contribution is 9.10. The van der Waals surface area contributed by atoms with Gasteiger partial charge in [-0.15, -0.1) is 11.3 Å². The van der Waals surface area contributed by atoms with Crippen LogP contribution in [0.15, 0.2) is 28.1 Å². The van der Waals surface area contributed by atoms with Gasteiger partial charge in [0.25, 0.3) is 0 Å². The van der Waals surface area contributed by atoms with Crippen LogP contribution in [0.2, 0.25) is 0 Å². The summed E-state index contributed by atoms with van der Waals surface area (Å²) >= 11 is 4.09. The molecule has 0 aliphatic rings. The summed E-state index contributed by atoms with van der Waals surface area (Å²) < 4.78 is 36.9. The fraction of sp³-hybridized carbons (Fsp3) is 0.250. The van der Waals surface area contributed by atoms with Crippen LogP contribution in [-0.2, 0) is 0 Å². The van der Waals surface area contributed by atoms with Gasteiger partial charge in [0.1, 0.15) is 6.10 Å². The van der Waals surface area contributed by atoms with Gasteiger partial charge in [0.2, 0.25) is 0 Å². The highest BCUT2D eigenvalue weighted by atomic mass is 79.9. The number of hydrogen-bond acceptors (Lipinski definition) is 2. The number of halogens is 4. The molecule has 0 aromatic carbocycles. The van der Waals surface area contributed by atoms with E-state index in [1.54, 1.807) is 11.4 Å². The monoisotopic (exact) mass is 286 g/mol. The van der Waals surface area contributed by atoms with Gasteiger partial charge in [-0.25, -0.2) is 0 Å². The quantitative estimate of drug-likeness (QED) is 0.823. The van der Waals surface area contributed by atoms with Gasteiger partial charge in [-0.2, -0.15) is 13.2 Å². The highest BCUT2D eigenvalue weighted by Crippen LogP contribution is 2.39. The highest BCUT2D eigenvalue weighted by Gasteiger charge is 2.37. The van der Waals surface area contributed by atoms with Gasteiger partial charge in [0, 0.05) is 4.47 Å². The third-order valence-corrected chi connectivity index (χ3v) is 3.51. The van der Waals surface area contributed by atoms with Crippen molar-refractivity contribution in [2.24, 2.45) is 0 Å². The van der Waals surface area contributed by atoms with E-state index in [-0.39, 0.29) is 4.88 Å². The van der Waals surface area contributed by atoms with Crippen LogP contribution in [0.3, 0.4) is 0 Å². The molecule has 0 saturated heterocycles. The zero-order valence-corrected chi connectivity index (χ0v) is 9.21. The Morgan fingerprint density at radius 2 is 2.14 bits per heavy atom. The lowest BCUT2D eigenvalue weighted by Crippen LogP contribution is -2.17. The molecule has 0 radical (unpaired) electrons. The second-order valence-corrected chi connectivity index (χ2v) is 4.36. The van der Waals surface area contributed by atoms with Crippen molar-refractivity contribution < 1.29 is 18.3 Å². The maximum Gasteiger partial charge on any atom is 0.414 e. The van der Waals surface area contributed by atoms with Crippen molar-refractivity contribution in [1.82, 2.24) is 0 Å². The summed E-state index contributed by atoms with van der Waals surface area (Å²) in [4.78, 5) is 0.215. The molecule has 0 saturated carbocycles. The minimum absolute atomic E-state index is 0.215. The smallest absolute Gasteiger partial charge is 0.383 e. The molecule has 0 aliphatic heterocycles. The molecule has 1 unspecified atom stereocenters. The van der Waals surface area contributed by atoms with E-state index >= 15 is 0 Å². The third-order valence-electron chi connectivity index (χ3n) is 1.59. The van der Waals surface area contributed by atoms with Crippen molar-refractivity contribution in [3.8, 4) is 0 Å². The Morgan fingerprint density at radius 3 is 2.50 bits per heavy atom.